The highest BCUT2D eigenvalue weighted by Crippen LogP contribution is 2.31. The van der Waals surface area contributed by atoms with Crippen molar-refractivity contribution in [2.75, 3.05) is 0 Å². The molecule has 2 unspecified atom stereocenters. The normalized spacial score (nSPS) is 15.0. The monoisotopic (exact) mass is 224 g/mol. The third-order valence-corrected chi connectivity index (χ3v) is 3.49. The molecule has 2 atom stereocenters. The molecule has 0 nitrogen and oxygen atoms in total. The zero-order valence-electron chi connectivity index (χ0n) is 10.2. The van der Waals surface area contributed by atoms with Gasteiger partial charge in [-0.1, -0.05) is 44.0 Å². The van der Waals surface area contributed by atoms with E-state index in [1.54, 1.807) is 0 Å². The van der Waals surface area contributed by atoms with Gasteiger partial charge in [-0.05, 0) is 37.3 Å². The zero-order chi connectivity index (χ0) is 11.4. The predicted octanol–water partition coefficient (Wildman–Crippen LogP) is 5.02. The van der Waals surface area contributed by atoms with Crippen LogP contribution in [0.15, 0.2) is 18.2 Å². The number of hydrogen-bond donors (Lipinski definition) is 0. The SMILES string of the molecule is CCC(C)CC(Cl)c1cc(C)ccc1C. The van der Waals surface area contributed by atoms with Crippen molar-refractivity contribution in [1.82, 2.24) is 0 Å². The minimum Gasteiger partial charge on any atom is -0.118 e. The smallest absolute Gasteiger partial charge is 0.0590 e. The second kappa shape index (κ2) is 5.55. The first-order valence-electron chi connectivity index (χ1n) is 5.75. The van der Waals surface area contributed by atoms with Crippen molar-refractivity contribution in [3.63, 3.8) is 0 Å². The van der Waals surface area contributed by atoms with E-state index < -0.39 is 0 Å². The molecule has 0 heterocycles. The lowest BCUT2D eigenvalue weighted by atomic mass is 9.95. The molecule has 0 bridgehead atoms. The standard InChI is InChI=1S/C14H21Cl/c1-5-10(2)9-14(15)13-8-11(3)6-7-12(13)4/h6-8,10,14H,5,9H2,1-4H3. The minimum absolute atomic E-state index is 0.167. The molecule has 0 aliphatic rings. The van der Waals surface area contributed by atoms with Gasteiger partial charge in [0, 0.05) is 0 Å². The molecule has 0 aliphatic carbocycles. The molecular weight excluding hydrogens is 204 g/mol. The summed E-state index contributed by atoms with van der Waals surface area (Å²) in [5, 5.41) is 0.167. The summed E-state index contributed by atoms with van der Waals surface area (Å²) in [7, 11) is 0. The van der Waals surface area contributed by atoms with Gasteiger partial charge in [0.1, 0.15) is 0 Å². The first-order valence-corrected chi connectivity index (χ1v) is 6.19. The fraction of sp³-hybridized carbons (Fsp3) is 0.571. The van der Waals surface area contributed by atoms with Gasteiger partial charge in [0.25, 0.3) is 0 Å². The maximum Gasteiger partial charge on any atom is 0.0590 e. The lowest BCUT2D eigenvalue weighted by Gasteiger charge is -2.17. The third kappa shape index (κ3) is 3.53. The molecule has 0 aromatic heterocycles. The topological polar surface area (TPSA) is 0 Å². The lowest BCUT2D eigenvalue weighted by molar-refractivity contribution is 0.507. The Bertz CT molecular complexity index is 317. The quantitative estimate of drug-likeness (QED) is 0.630. The summed E-state index contributed by atoms with van der Waals surface area (Å²) < 4.78 is 0. The van der Waals surface area contributed by atoms with Gasteiger partial charge in [0.05, 0.1) is 5.38 Å². The van der Waals surface area contributed by atoms with E-state index in [2.05, 4.69) is 45.9 Å². The van der Waals surface area contributed by atoms with Gasteiger partial charge in [0.15, 0.2) is 0 Å². The number of halogens is 1. The maximum atomic E-state index is 6.46. The fourth-order valence-electron chi connectivity index (χ4n) is 1.74. The van der Waals surface area contributed by atoms with Gasteiger partial charge in [-0.15, -0.1) is 11.6 Å². The summed E-state index contributed by atoms with van der Waals surface area (Å²) in [5.41, 5.74) is 3.91. The van der Waals surface area contributed by atoms with Crippen LogP contribution in [0.2, 0.25) is 0 Å². The van der Waals surface area contributed by atoms with Crippen LogP contribution in [0, 0.1) is 19.8 Å². The van der Waals surface area contributed by atoms with E-state index in [0.29, 0.717) is 5.92 Å². The molecule has 1 aromatic carbocycles. The summed E-state index contributed by atoms with van der Waals surface area (Å²) in [5.74, 6) is 0.701. The molecule has 0 amide bonds. The fourth-order valence-corrected chi connectivity index (χ4v) is 2.28. The van der Waals surface area contributed by atoms with E-state index in [9.17, 15) is 0 Å². The van der Waals surface area contributed by atoms with E-state index >= 15 is 0 Å². The predicted molar refractivity (Wildman–Crippen MR) is 68.6 cm³/mol. The Labute approximate surface area is 98.7 Å². The highest BCUT2D eigenvalue weighted by atomic mass is 35.5. The Morgan fingerprint density at radius 1 is 1.27 bits per heavy atom. The molecule has 0 fully saturated rings. The van der Waals surface area contributed by atoms with Crippen LogP contribution < -0.4 is 0 Å². The highest BCUT2D eigenvalue weighted by Gasteiger charge is 2.13. The average Bonchev–Trinajstić information content (AvgIpc) is 2.21. The summed E-state index contributed by atoms with van der Waals surface area (Å²) in [6.07, 6.45) is 2.27. The van der Waals surface area contributed by atoms with Crippen LogP contribution in [0.25, 0.3) is 0 Å². The molecule has 0 aliphatic heterocycles. The van der Waals surface area contributed by atoms with Gasteiger partial charge >= 0.3 is 0 Å². The van der Waals surface area contributed by atoms with Crippen molar-refractivity contribution in [3.8, 4) is 0 Å². The largest absolute Gasteiger partial charge is 0.118 e. The van der Waals surface area contributed by atoms with E-state index in [1.807, 2.05) is 0 Å². The van der Waals surface area contributed by atoms with Crippen LogP contribution >= 0.6 is 11.6 Å². The number of aryl methyl sites for hydroxylation is 2. The van der Waals surface area contributed by atoms with E-state index in [1.165, 1.54) is 23.1 Å². The van der Waals surface area contributed by atoms with Gasteiger partial charge < -0.3 is 0 Å². The zero-order valence-corrected chi connectivity index (χ0v) is 10.9. The summed E-state index contributed by atoms with van der Waals surface area (Å²) >= 11 is 6.46. The minimum atomic E-state index is 0.167. The van der Waals surface area contributed by atoms with Crippen molar-refractivity contribution in [2.24, 2.45) is 5.92 Å². The molecule has 1 aromatic rings. The van der Waals surface area contributed by atoms with Crippen LogP contribution in [0.5, 0.6) is 0 Å². The van der Waals surface area contributed by atoms with E-state index in [-0.39, 0.29) is 5.38 Å². The number of rotatable bonds is 4. The van der Waals surface area contributed by atoms with Crippen molar-refractivity contribution >= 4 is 11.6 Å². The average molecular weight is 225 g/mol. The third-order valence-electron chi connectivity index (χ3n) is 3.08. The lowest BCUT2D eigenvalue weighted by Crippen LogP contribution is -2.01. The molecule has 0 spiro atoms. The summed E-state index contributed by atoms with van der Waals surface area (Å²) in [6.45, 7) is 8.74. The van der Waals surface area contributed by atoms with Crippen molar-refractivity contribution in [3.05, 3.63) is 34.9 Å². The van der Waals surface area contributed by atoms with Gasteiger partial charge in [-0.25, -0.2) is 0 Å². The van der Waals surface area contributed by atoms with Gasteiger partial charge in [-0.2, -0.15) is 0 Å². The Morgan fingerprint density at radius 2 is 1.93 bits per heavy atom. The van der Waals surface area contributed by atoms with Crippen molar-refractivity contribution in [1.29, 1.82) is 0 Å². The maximum absolute atomic E-state index is 6.46. The number of benzene rings is 1. The first-order chi connectivity index (χ1) is 7.04. The Morgan fingerprint density at radius 3 is 2.53 bits per heavy atom. The summed E-state index contributed by atoms with van der Waals surface area (Å²) in [4.78, 5) is 0. The second-order valence-corrected chi connectivity index (χ2v) is 5.10. The van der Waals surface area contributed by atoms with E-state index in [4.69, 9.17) is 11.6 Å². The molecule has 0 radical (unpaired) electrons. The molecular formula is C14H21Cl. The second-order valence-electron chi connectivity index (χ2n) is 4.58. The molecule has 84 valence electrons. The number of alkyl halides is 1. The molecule has 1 rings (SSSR count). The Balaban J connectivity index is 2.80. The van der Waals surface area contributed by atoms with Crippen molar-refractivity contribution in [2.45, 2.75) is 45.9 Å². The first kappa shape index (κ1) is 12.6. The number of hydrogen-bond acceptors (Lipinski definition) is 0. The van der Waals surface area contributed by atoms with Crippen LogP contribution in [0.3, 0.4) is 0 Å². The Hall–Kier alpha value is -0.490. The summed E-state index contributed by atoms with van der Waals surface area (Å²) in [6, 6.07) is 6.53. The van der Waals surface area contributed by atoms with E-state index in [0.717, 1.165) is 6.42 Å². The molecule has 1 heteroatoms. The van der Waals surface area contributed by atoms with Crippen LogP contribution in [-0.2, 0) is 0 Å². The molecule has 0 saturated carbocycles. The molecule has 15 heavy (non-hydrogen) atoms. The van der Waals surface area contributed by atoms with Gasteiger partial charge in [-0.3, -0.25) is 0 Å². The Kier molecular flexibility index (Phi) is 4.66. The van der Waals surface area contributed by atoms with Crippen LogP contribution in [0.1, 0.15) is 48.8 Å². The van der Waals surface area contributed by atoms with Crippen molar-refractivity contribution < 1.29 is 0 Å². The van der Waals surface area contributed by atoms with Crippen LogP contribution in [-0.4, -0.2) is 0 Å². The van der Waals surface area contributed by atoms with Gasteiger partial charge in [0.2, 0.25) is 0 Å². The van der Waals surface area contributed by atoms with Crippen LogP contribution in [0.4, 0.5) is 0 Å². The molecule has 0 N–H and O–H groups in total. The molecule has 0 saturated heterocycles. The highest BCUT2D eigenvalue weighted by molar-refractivity contribution is 6.20.